The van der Waals surface area contributed by atoms with Crippen LogP contribution in [0.4, 0.5) is 10.5 Å². The summed E-state index contributed by atoms with van der Waals surface area (Å²) in [4.78, 5) is 30.8. The molecule has 5 rings (SSSR count). The Morgan fingerprint density at radius 3 is 2.50 bits per heavy atom. The van der Waals surface area contributed by atoms with Gasteiger partial charge in [-0.15, -0.1) is 0 Å². The molecule has 6 heteroatoms. The summed E-state index contributed by atoms with van der Waals surface area (Å²) in [6.45, 7) is 6.64. The molecule has 0 radical (unpaired) electrons. The summed E-state index contributed by atoms with van der Waals surface area (Å²) in [6.07, 6.45) is 2.83. The average Bonchev–Trinajstić information content (AvgIpc) is 2.66. The second-order valence-electron chi connectivity index (χ2n) is 8.89. The minimum atomic E-state index is 0.124. The predicted molar refractivity (Wildman–Crippen MR) is 107 cm³/mol. The molecule has 2 amide bonds. The number of carbonyl (C=O) groups excluding carboxylic acids is 2. The summed E-state index contributed by atoms with van der Waals surface area (Å²) in [5, 5.41) is 0. The van der Waals surface area contributed by atoms with Gasteiger partial charge in [-0.05, 0) is 37.5 Å². The van der Waals surface area contributed by atoms with Gasteiger partial charge in [0.05, 0.1) is 6.10 Å². The van der Waals surface area contributed by atoms with Gasteiger partial charge in [0.2, 0.25) is 0 Å². The Bertz CT molecular complexity index is 759. The Hall–Kier alpha value is -2.08. The number of urea groups is 1. The molecule has 1 aromatic rings. The maximum absolute atomic E-state index is 12.9. The highest BCUT2D eigenvalue weighted by molar-refractivity contribution is 5.81. The van der Waals surface area contributed by atoms with Crippen LogP contribution in [-0.2, 0) is 9.53 Å². The Morgan fingerprint density at radius 2 is 1.82 bits per heavy atom. The highest BCUT2D eigenvalue weighted by atomic mass is 16.5. The fraction of sp³-hybridized carbons (Fsp3) is 0.636. The molecule has 0 spiro atoms. The molecule has 0 N–H and O–H groups in total. The van der Waals surface area contributed by atoms with Gasteiger partial charge in [-0.3, -0.25) is 4.79 Å². The summed E-state index contributed by atoms with van der Waals surface area (Å²) >= 11 is 0. The molecule has 0 saturated carbocycles. The van der Waals surface area contributed by atoms with Gasteiger partial charge in [0.15, 0.2) is 5.78 Å². The van der Waals surface area contributed by atoms with Crippen LogP contribution in [0.15, 0.2) is 24.3 Å². The fourth-order valence-corrected chi connectivity index (χ4v) is 5.03. The van der Waals surface area contributed by atoms with Crippen molar-refractivity contribution in [2.24, 2.45) is 5.92 Å². The molecule has 0 aliphatic carbocycles. The smallest absolute Gasteiger partial charge is 0.320 e. The van der Waals surface area contributed by atoms with Crippen molar-refractivity contribution in [1.29, 1.82) is 0 Å². The normalized spacial score (nSPS) is 30.5. The molecule has 4 aliphatic rings. The third kappa shape index (κ3) is 3.17. The number of nitrogens with zero attached hydrogens (tertiary/aromatic N) is 3. The standard InChI is InChI=1S/C22H29N3O3/c1-15-6-9-25(15)19-4-2-16(3-5-19)18-12-24(13-18)22(27)23-8-7-21-17(11-23)10-20(26)14-28-21/h2-5,15,17-18,21H,6-14H2,1H3/t15?,17-,21+/m1/s1. The summed E-state index contributed by atoms with van der Waals surface area (Å²) in [6, 6.07) is 9.67. The molecule has 0 aromatic heterocycles. The first kappa shape index (κ1) is 18.0. The van der Waals surface area contributed by atoms with E-state index in [9.17, 15) is 9.59 Å². The Morgan fingerprint density at radius 1 is 1.04 bits per heavy atom. The van der Waals surface area contributed by atoms with Crippen molar-refractivity contribution >= 4 is 17.5 Å². The predicted octanol–water partition coefficient (Wildman–Crippen LogP) is 2.48. The van der Waals surface area contributed by atoms with E-state index in [1.165, 1.54) is 17.7 Å². The maximum atomic E-state index is 12.9. The zero-order valence-electron chi connectivity index (χ0n) is 16.5. The monoisotopic (exact) mass is 383 g/mol. The van der Waals surface area contributed by atoms with Gasteiger partial charge in [-0.1, -0.05) is 12.1 Å². The van der Waals surface area contributed by atoms with Gasteiger partial charge in [-0.25, -0.2) is 4.79 Å². The summed E-state index contributed by atoms with van der Waals surface area (Å²) in [7, 11) is 0. The maximum Gasteiger partial charge on any atom is 0.320 e. The van der Waals surface area contributed by atoms with Crippen LogP contribution in [0.2, 0.25) is 0 Å². The minimum absolute atomic E-state index is 0.124. The van der Waals surface area contributed by atoms with E-state index in [1.54, 1.807) is 0 Å². The van der Waals surface area contributed by atoms with Crippen LogP contribution in [0.25, 0.3) is 0 Å². The Kier molecular flexibility index (Phi) is 4.54. The number of Topliss-reactive ketones (excluding diaryl/α,β-unsaturated/α-hetero) is 1. The molecule has 1 unspecified atom stereocenters. The number of amides is 2. The lowest BCUT2D eigenvalue weighted by molar-refractivity contribution is -0.140. The summed E-state index contributed by atoms with van der Waals surface area (Å²) in [5.74, 6) is 0.770. The van der Waals surface area contributed by atoms with E-state index in [4.69, 9.17) is 4.74 Å². The van der Waals surface area contributed by atoms with E-state index in [-0.39, 0.29) is 30.4 Å². The molecule has 28 heavy (non-hydrogen) atoms. The van der Waals surface area contributed by atoms with Gasteiger partial charge in [-0.2, -0.15) is 0 Å². The van der Waals surface area contributed by atoms with Crippen LogP contribution in [0, 0.1) is 5.92 Å². The van der Waals surface area contributed by atoms with Crippen LogP contribution in [-0.4, -0.2) is 73.1 Å². The number of likely N-dealkylation sites (tertiary alicyclic amines) is 2. The number of anilines is 1. The number of ether oxygens (including phenoxy) is 1. The number of fused-ring (bicyclic) bond motifs is 1. The fourth-order valence-electron chi connectivity index (χ4n) is 5.03. The first-order valence-corrected chi connectivity index (χ1v) is 10.6. The molecule has 4 fully saturated rings. The first-order valence-electron chi connectivity index (χ1n) is 10.6. The molecule has 4 aliphatic heterocycles. The van der Waals surface area contributed by atoms with Crippen molar-refractivity contribution in [2.75, 3.05) is 44.2 Å². The van der Waals surface area contributed by atoms with Crippen LogP contribution >= 0.6 is 0 Å². The largest absolute Gasteiger partial charge is 0.370 e. The number of benzene rings is 1. The zero-order valence-corrected chi connectivity index (χ0v) is 16.5. The minimum Gasteiger partial charge on any atom is -0.370 e. The lowest BCUT2D eigenvalue weighted by Crippen LogP contribution is -2.58. The van der Waals surface area contributed by atoms with Gasteiger partial charge >= 0.3 is 6.03 Å². The lowest BCUT2D eigenvalue weighted by Gasteiger charge is -2.46. The topological polar surface area (TPSA) is 53.1 Å². The number of ketones is 1. The third-order valence-electron chi connectivity index (χ3n) is 7.05. The summed E-state index contributed by atoms with van der Waals surface area (Å²) < 4.78 is 5.64. The van der Waals surface area contributed by atoms with E-state index < -0.39 is 0 Å². The van der Waals surface area contributed by atoms with Crippen molar-refractivity contribution in [3.63, 3.8) is 0 Å². The molecule has 3 atom stereocenters. The molecule has 4 saturated heterocycles. The number of carbonyl (C=O) groups is 2. The summed E-state index contributed by atoms with van der Waals surface area (Å²) in [5.41, 5.74) is 2.63. The molecular weight excluding hydrogens is 354 g/mol. The number of hydrogen-bond donors (Lipinski definition) is 0. The van der Waals surface area contributed by atoms with E-state index in [1.807, 2.05) is 9.80 Å². The van der Waals surface area contributed by atoms with Crippen molar-refractivity contribution < 1.29 is 14.3 Å². The van der Waals surface area contributed by atoms with Crippen LogP contribution in [0.3, 0.4) is 0 Å². The Balaban J connectivity index is 1.14. The van der Waals surface area contributed by atoms with Gasteiger partial charge < -0.3 is 19.4 Å². The van der Waals surface area contributed by atoms with Crippen molar-refractivity contribution in [3.05, 3.63) is 29.8 Å². The molecule has 4 heterocycles. The van der Waals surface area contributed by atoms with Crippen molar-refractivity contribution in [2.45, 2.75) is 44.2 Å². The third-order valence-corrected chi connectivity index (χ3v) is 7.05. The molecule has 6 nitrogen and oxygen atoms in total. The highest BCUT2D eigenvalue weighted by Crippen LogP contribution is 2.33. The van der Waals surface area contributed by atoms with Crippen LogP contribution in [0.1, 0.15) is 37.7 Å². The SMILES string of the molecule is CC1CCN1c1ccc(C2CN(C(=O)N3CC[C@@H]4OCC(=O)C[C@@H]4C3)C2)cc1. The van der Waals surface area contributed by atoms with Gasteiger partial charge in [0.25, 0.3) is 0 Å². The highest BCUT2D eigenvalue weighted by Gasteiger charge is 2.40. The van der Waals surface area contributed by atoms with Crippen LogP contribution in [0.5, 0.6) is 0 Å². The molecule has 0 bridgehead atoms. The first-order chi connectivity index (χ1) is 13.6. The zero-order chi connectivity index (χ0) is 19.3. The second-order valence-corrected chi connectivity index (χ2v) is 8.89. The van der Waals surface area contributed by atoms with E-state index >= 15 is 0 Å². The second kappa shape index (κ2) is 7.07. The van der Waals surface area contributed by atoms with Crippen molar-refractivity contribution in [1.82, 2.24) is 9.80 Å². The quantitative estimate of drug-likeness (QED) is 0.787. The molecule has 1 aromatic carbocycles. The van der Waals surface area contributed by atoms with Gasteiger partial charge in [0, 0.05) is 62.7 Å². The number of piperidine rings is 1. The van der Waals surface area contributed by atoms with E-state index in [0.29, 0.717) is 24.9 Å². The van der Waals surface area contributed by atoms with E-state index in [2.05, 4.69) is 36.1 Å². The molecule has 150 valence electrons. The van der Waals surface area contributed by atoms with Crippen LogP contribution < -0.4 is 4.90 Å². The van der Waals surface area contributed by atoms with Gasteiger partial charge in [0.1, 0.15) is 6.61 Å². The number of rotatable bonds is 2. The average molecular weight is 383 g/mol. The van der Waals surface area contributed by atoms with E-state index in [0.717, 1.165) is 32.6 Å². The molecular formula is C22H29N3O3. The lowest BCUT2D eigenvalue weighted by atomic mass is 9.87. The Labute approximate surface area is 166 Å². The van der Waals surface area contributed by atoms with Crippen molar-refractivity contribution in [3.8, 4) is 0 Å². The number of hydrogen-bond acceptors (Lipinski definition) is 4.